The number of aliphatic carboxylic acids is 1. The fourth-order valence-electron chi connectivity index (χ4n) is 2.39. The standard InChI is InChI=1S/C15H27NO5/c1-13(2,3)21-12(19)16-10(9-20-15(16,6)7)8-14(4,5)11(17)18/h10H,8-9H2,1-7H3,(H,17,18)/t10-/m0/s1. The van der Waals surface area contributed by atoms with Gasteiger partial charge in [0, 0.05) is 0 Å². The smallest absolute Gasteiger partial charge is 0.412 e. The number of carbonyl (C=O) groups is 2. The van der Waals surface area contributed by atoms with Crippen LogP contribution < -0.4 is 0 Å². The van der Waals surface area contributed by atoms with Crippen molar-refractivity contribution in [2.75, 3.05) is 6.61 Å². The van der Waals surface area contributed by atoms with E-state index in [0.29, 0.717) is 13.0 Å². The van der Waals surface area contributed by atoms with E-state index in [1.807, 2.05) is 0 Å². The van der Waals surface area contributed by atoms with Gasteiger partial charge in [-0.1, -0.05) is 0 Å². The molecule has 1 aliphatic rings. The second-order valence-electron chi connectivity index (χ2n) is 7.66. The zero-order valence-electron chi connectivity index (χ0n) is 14.0. The Morgan fingerprint density at radius 3 is 2.24 bits per heavy atom. The molecular formula is C15H27NO5. The molecule has 1 aliphatic heterocycles. The summed E-state index contributed by atoms with van der Waals surface area (Å²) < 4.78 is 11.1. The summed E-state index contributed by atoms with van der Waals surface area (Å²) in [5, 5.41) is 9.27. The van der Waals surface area contributed by atoms with Crippen LogP contribution in [0.2, 0.25) is 0 Å². The van der Waals surface area contributed by atoms with Gasteiger partial charge in [-0.2, -0.15) is 0 Å². The van der Waals surface area contributed by atoms with E-state index in [1.165, 1.54) is 4.90 Å². The van der Waals surface area contributed by atoms with Gasteiger partial charge in [0.25, 0.3) is 0 Å². The van der Waals surface area contributed by atoms with Gasteiger partial charge < -0.3 is 14.6 Å². The van der Waals surface area contributed by atoms with Gasteiger partial charge in [0.05, 0.1) is 18.1 Å². The summed E-state index contributed by atoms with van der Waals surface area (Å²) in [6.07, 6.45) is -0.165. The highest BCUT2D eigenvalue weighted by Gasteiger charge is 2.48. The Morgan fingerprint density at radius 1 is 1.29 bits per heavy atom. The Morgan fingerprint density at radius 2 is 1.81 bits per heavy atom. The van der Waals surface area contributed by atoms with Gasteiger partial charge in [0.15, 0.2) is 0 Å². The average Bonchev–Trinajstić information content (AvgIpc) is 2.50. The van der Waals surface area contributed by atoms with Gasteiger partial charge in [-0.25, -0.2) is 4.79 Å². The van der Waals surface area contributed by atoms with Crippen LogP contribution in [-0.2, 0) is 14.3 Å². The number of carboxylic acid groups (broad SMARTS) is 1. The van der Waals surface area contributed by atoms with Crippen molar-refractivity contribution in [1.82, 2.24) is 4.90 Å². The van der Waals surface area contributed by atoms with E-state index in [2.05, 4.69) is 0 Å². The third-order valence-corrected chi connectivity index (χ3v) is 3.49. The molecule has 0 aromatic carbocycles. The average molecular weight is 301 g/mol. The quantitative estimate of drug-likeness (QED) is 0.867. The number of carbonyl (C=O) groups excluding carboxylic acids is 1. The lowest BCUT2D eigenvalue weighted by molar-refractivity contribution is -0.148. The van der Waals surface area contributed by atoms with E-state index in [-0.39, 0.29) is 6.04 Å². The van der Waals surface area contributed by atoms with Gasteiger partial charge in [0.1, 0.15) is 11.3 Å². The summed E-state index contributed by atoms with van der Waals surface area (Å²) >= 11 is 0. The van der Waals surface area contributed by atoms with E-state index in [1.54, 1.807) is 48.5 Å². The van der Waals surface area contributed by atoms with Crippen LogP contribution in [0.5, 0.6) is 0 Å². The Kier molecular flexibility index (Phi) is 4.63. The van der Waals surface area contributed by atoms with Gasteiger partial charge in [-0.05, 0) is 54.9 Å². The summed E-state index contributed by atoms with van der Waals surface area (Å²) in [4.78, 5) is 25.2. The number of ether oxygens (including phenoxy) is 2. The molecule has 1 rings (SSSR count). The molecule has 0 bridgehead atoms. The van der Waals surface area contributed by atoms with Crippen LogP contribution in [0, 0.1) is 5.41 Å². The maximum Gasteiger partial charge on any atom is 0.412 e. The molecule has 1 saturated heterocycles. The molecule has 122 valence electrons. The van der Waals surface area contributed by atoms with Gasteiger partial charge in [0.2, 0.25) is 0 Å². The zero-order valence-corrected chi connectivity index (χ0v) is 14.0. The van der Waals surface area contributed by atoms with Gasteiger partial charge >= 0.3 is 12.1 Å². The summed E-state index contributed by atoms with van der Waals surface area (Å²) in [7, 11) is 0. The van der Waals surface area contributed by atoms with E-state index in [0.717, 1.165) is 0 Å². The van der Waals surface area contributed by atoms with Crippen molar-refractivity contribution in [3.8, 4) is 0 Å². The number of rotatable bonds is 3. The Labute approximate surface area is 126 Å². The van der Waals surface area contributed by atoms with E-state index in [4.69, 9.17) is 9.47 Å². The lowest BCUT2D eigenvalue weighted by atomic mass is 9.85. The van der Waals surface area contributed by atoms with E-state index >= 15 is 0 Å². The highest BCUT2D eigenvalue weighted by atomic mass is 16.6. The summed E-state index contributed by atoms with van der Waals surface area (Å²) in [6, 6.07) is -0.319. The van der Waals surface area contributed by atoms with Crippen molar-refractivity contribution >= 4 is 12.1 Å². The Balaban J connectivity index is 2.95. The Bertz CT molecular complexity index is 422. The first-order chi connectivity index (χ1) is 9.26. The number of hydrogen-bond acceptors (Lipinski definition) is 4. The van der Waals surface area contributed by atoms with Crippen molar-refractivity contribution in [3.05, 3.63) is 0 Å². The van der Waals surface area contributed by atoms with Crippen LogP contribution in [0.4, 0.5) is 4.79 Å². The van der Waals surface area contributed by atoms with Gasteiger partial charge in [-0.15, -0.1) is 0 Å². The van der Waals surface area contributed by atoms with Crippen molar-refractivity contribution in [1.29, 1.82) is 0 Å². The van der Waals surface area contributed by atoms with E-state index < -0.39 is 28.8 Å². The first-order valence-corrected chi connectivity index (χ1v) is 7.16. The first kappa shape index (κ1) is 17.8. The molecule has 0 aromatic rings. The predicted molar refractivity (Wildman–Crippen MR) is 77.9 cm³/mol. The molecule has 1 heterocycles. The SMILES string of the molecule is CC(C)(C)OC(=O)N1[C@@H](CC(C)(C)C(=O)O)COC1(C)C. The molecule has 0 aliphatic carbocycles. The molecule has 6 heteroatoms. The number of amides is 1. The fourth-order valence-corrected chi connectivity index (χ4v) is 2.39. The van der Waals surface area contributed by atoms with Crippen LogP contribution in [0.15, 0.2) is 0 Å². The van der Waals surface area contributed by atoms with Crippen molar-refractivity contribution in [2.45, 2.75) is 72.3 Å². The maximum atomic E-state index is 12.4. The second-order valence-corrected chi connectivity index (χ2v) is 7.66. The predicted octanol–water partition coefficient (Wildman–Crippen LogP) is 2.86. The monoisotopic (exact) mass is 301 g/mol. The molecule has 0 unspecified atom stereocenters. The molecule has 6 nitrogen and oxygen atoms in total. The minimum Gasteiger partial charge on any atom is -0.481 e. The highest BCUT2D eigenvalue weighted by Crippen LogP contribution is 2.35. The lowest BCUT2D eigenvalue weighted by Crippen LogP contribution is -2.51. The van der Waals surface area contributed by atoms with Crippen LogP contribution in [0.3, 0.4) is 0 Å². The molecule has 1 N–H and O–H groups in total. The minimum atomic E-state index is -0.936. The second kappa shape index (κ2) is 5.48. The Hall–Kier alpha value is -1.30. The maximum absolute atomic E-state index is 12.4. The third kappa shape index (κ3) is 4.33. The topological polar surface area (TPSA) is 76.1 Å². The van der Waals surface area contributed by atoms with Crippen molar-refractivity contribution in [3.63, 3.8) is 0 Å². The molecule has 0 saturated carbocycles. The van der Waals surface area contributed by atoms with E-state index in [9.17, 15) is 14.7 Å². The molecule has 0 radical (unpaired) electrons. The number of nitrogens with zero attached hydrogens (tertiary/aromatic N) is 1. The van der Waals surface area contributed by atoms with Crippen LogP contribution in [-0.4, -0.2) is 46.0 Å². The normalized spacial score (nSPS) is 22.2. The van der Waals surface area contributed by atoms with Crippen LogP contribution in [0.1, 0.15) is 54.9 Å². The number of hydrogen-bond donors (Lipinski definition) is 1. The van der Waals surface area contributed by atoms with Gasteiger partial charge in [-0.3, -0.25) is 9.69 Å². The van der Waals surface area contributed by atoms with Crippen molar-refractivity contribution < 1.29 is 24.2 Å². The lowest BCUT2D eigenvalue weighted by Gasteiger charge is -2.36. The molecule has 1 fully saturated rings. The molecule has 1 atom stereocenters. The molecular weight excluding hydrogens is 274 g/mol. The molecule has 1 amide bonds. The third-order valence-electron chi connectivity index (χ3n) is 3.49. The zero-order chi connectivity index (χ0) is 16.6. The molecule has 0 spiro atoms. The summed E-state index contributed by atoms with van der Waals surface area (Å²) in [5.41, 5.74) is -2.35. The van der Waals surface area contributed by atoms with Crippen LogP contribution in [0.25, 0.3) is 0 Å². The highest BCUT2D eigenvalue weighted by molar-refractivity contribution is 5.74. The van der Waals surface area contributed by atoms with Crippen molar-refractivity contribution in [2.24, 2.45) is 5.41 Å². The molecule has 0 aromatic heterocycles. The summed E-state index contributed by atoms with van der Waals surface area (Å²) in [5.74, 6) is -0.892. The fraction of sp³-hybridized carbons (Fsp3) is 0.867. The number of carboxylic acids is 1. The largest absolute Gasteiger partial charge is 0.481 e. The van der Waals surface area contributed by atoms with Crippen LogP contribution >= 0.6 is 0 Å². The first-order valence-electron chi connectivity index (χ1n) is 7.16. The summed E-state index contributed by atoms with van der Waals surface area (Å²) in [6.45, 7) is 12.6. The molecule has 21 heavy (non-hydrogen) atoms. The minimum absolute atomic E-state index is 0.308.